The van der Waals surface area contributed by atoms with Crippen LogP contribution in [0.5, 0.6) is 11.5 Å². The number of carbonyl (C=O) groups is 2. The van der Waals surface area contributed by atoms with E-state index in [1.807, 2.05) is 100 Å². The Labute approximate surface area is 253 Å². The van der Waals surface area contributed by atoms with Crippen LogP contribution in [0, 0.1) is 0 Å². The number of pyridine rings is 1. The van der Waals surface area contributed by atoms with E-state index in [4.69, 9.17) is 25.1 Å². The highest BCUT2D eigenvalue weighted by Crippen LogP contribution is 2.34. The number of ether oxygens (including phenoxy) is 2. The SMILES string of the molecule is CCOc1cc(C(Nc2ccc3c(N)nccc3c2)C(=O)N[C@H](C)c2ccccc2)ccc1OC(C)C.O=C(O)C(F)(F)F. The van der Waals surface area contributed by atoms with Crippen molar-refractivity contribution < 1.29 is 37.3 Å². The molecule has 1 unspecified atom stereocenters. The van der Waals surface area contributed by atoms with Gasteiger partial charge in [-0.3, -0.25) is 4.79 Å². The Balaban J connectivity index is 0.000000676. The minimum absolute atomic E-state index is 0.00600. The molecule has 5 N–H and O–H groups in total. The maximum absolute atomic E-state index is 13.7. The number of nitrogens with one attached hydrogen (secondary N) is 2. The predicted octanol–water partition coefficient (Wildman–Crippen LogP) is 6.67. The third kappa shape index (κ3) is 9.25. The van der Waals surface area contributed by atoms with Crippen molar-refractivity contribution in [2.45, 2.75) is 52.1 Å². The van der Waals surface area contributed by atoms with Crippen LogP contribution in [-0.2, 0) is 9.59 Å². The number of anilines is 2. The lowest BCUT2D eigenvalue weighted by molar-refractivity contribution is -0.192. The quantitative estimate of drug-likeness (QED) is 0.156. The van der Waals surface area contributed by atoms with E-state index in [0.717, 1.165) is 27.6 Å². The maximum Gasteiger partial charge on any atom is 0.490 e. The van der Waals surface area contributed by atoms with Gasteiger partial charge in [-0.15, -0.1) is 0 Å². The zero-order chi connectivity index (χ0) is 32.4. The molecular weight excluding hydrogens is 577 g/mol. The van der Waals surface area contributed by atoms with Gasteiger partial charge in [-0.2, -0.15) is 13.2 Å². The smallest absolute Gasteiger partial charge is 0.490 e. The molecule has 0 aliphatic heterocycles. The van der Waals surface area contributed by atoms with E-state index >= 15 is 0 Å². The fraction of sp³-hybridized carbons (Fsp3) is 0.281. The summed E-state index contributed by atoms with van der Waals surface area (Å²) in [5.74, 6) is -1.21. The fourth-order valence-electron chi connectivity index (χ4n) is 4.20. The van der Waals surface area contributed by atoms with Crippen LogP contribution in [-0.4, -0.2) is 40.9 Å². The molecule has 0 saturated carbocycles. The number of halogens is 3. The van der Waals surface area contributed by atoms with Crippen molar-refractivity contribution in [2.24, 2.45) is 0 Å². The number of rotatable bonds is 10. The third-order valence-electron chi connectivity index (χ3n) is 6.23. The van der Waals surface area contributed by atoms with E-state index in [9.17, 15) is 18.0 Å². The number of nitrogen functional groups attached to an aromatic ring is 1. The van der Waals surface area contributed by atoms with Crippen molar-refractivity contribution >= 4 is 34.2 Å². The van der Waals surface area contributed by atoms with Crippen molar-refractivity contribution in [3.63, 3.8) is 0 Å². The van der Waals surface area contributed by atoms with Gasteiger partial charge in [0.05, 0.1) is 18.8 Å². The summed E-state index contributed by atoms with van der Waals surface area (Å²) in [6, 6.07) is 22.3. The van der Waals surface area contributed by atoms with Gasteiger partial charge in [0, 0.05) is 17.3 Å². The van der Waals surface area contributed by atoms with Crippen LogP contribution >= 0.6 is 0 Å². The lowest BCUT2D eigenvalue weighted by Crippen LogP contribution is -2.35. The predicted molar refractivity (Wildman–Crippen MR) is 163 cm³/mol. The highest BCUT2D eigenvalue weighted by molar-refractivity contribution is 5.94. The van der Waals surface area contributed by atoms with Gasteiger partial charge in [0.2, 0.25) is 5.91 Å². The average molecular weight is 613 g/mol. The van der Waals surface area contributed by atoms with E-state index in [-0.39, 0.29) is 18.1 Å². The summed E-state index contributed by atoms with van der Waals surface area (Å²) in [7, 11) is 0. The number of carboxylic acid groups (broad SMARTS) is 1. The average Bonchev–Trinajstić information content (AvgIpc) is 2.97. The molecule has 0 fully saturated rings. The molecule has 1 heterocycles. The van der Waals surface area contributed by atoms with Crippen LogP contribution in [0.15, 0.2) is 79.0 Å². The summed E-state index contributed by atoms with van der Waals surface area (Å²) in [5.41, 5.74) is 8.60. The molecule has 0 spiro atoms. The van der Waals surface area contributed by atoms with Gasteiger partial charge in [-0.1, -0.05) is 36.4 Å². The first kappa shape index (κ1) is 33.5. The van der Waals surface area contributed by atoms with E-state index in [1.165, 1.54) is 0 Å². The highest BCUT2D eigenvalue weighted by atomic mass is 19.4. The summed E-state index contributed by atoms with van der Waals surface area (Å²) >= 11 is 0. The molecule has 1 aromatic heterocycles. The molecule has 0 aliphatic carbocycles. The van der Waals surface area contributed by atoms with E-state index < -0.39 is 18.2 Å². The zero-order valence-corrected chi connectivity index (χ0v) is 24.7. The van der Waals surface area contributed by atoms with Gasteiger partial charge in [0.15, 0.2) is 11.5 Å². The first-order chi connectivity index (χ1) is 20.8. The largest absolute Gasteiger partial charge is 0.490 e. The van der Waals surface area contributed by atoms with E-state index in [1.54, 1.807) is 6.20 Å². The number of hydrogen-bond acceptors (Lipinski definition) is 7. The summed E-state index contributed by atoms with van der Waals surface area (Å²) in [5, 5.41) is 15.5. The van der Waals surface area contributed by atoms with Crippen LogP contribution in [0.3, 0.4) is 0 Å². The molecule has 44 heavy (non-hydrogen) atoms. The van der Waals surface area contributed by atoms with E-state index in [2.05, 4.69) is 15.6 Å². The Hall–Kier alpha value is -5.00. The molecule has 0 aliphatic rings. The van der Waals surface area contributed by atoms with Crippen molar-refractivity contribution in [3.05, 3.63) is 90.1 Å². The molecule has 9 nitrogen and oxygen atoms in total. The van der Waals surface area contributed by atoms with Gasteiger partial charge in [-0.05, 0) is 80.6 Å². The summed E-state index contributed by atoms with van der Waals surface area (Å²) < 4.78 is 43.5. The minimum Gasteiger partial charge on any atom is -0.490 e. The molecule has 1 amide bonds. The first-order valence-electron chi connectivity index (χ1n) is 13.8. The number of aromatic nitrogens is 1. The molecule has 0 saturated heterocycles. The minimum atomic E-state index is -5.08. The Bertz CT molecular complexity index is 1570. The monoisotopic (exact) mass is 612 g/mol. The Morgan fingerprint density at radius 2 is 1.64 bits per heavy atom. The van der Waals surface area contributed by atoms with E-state index in [0.29, 0.717) is 23.9 Å². The number of aliphatic carboxylic acids is 1. The van der Waals surface area contributed by atoms with Crippen molar-refractivity contribution in [3.8, 4) is 11.5 Å². The van der Waals surface area contributed by atoms with Crippen molar-refractivity contribution in [2.75, 3.05) is 17.7 Å². The topological polar surface area (TPSA) is 136 Å². The molecular formula is C32H35F3N4O5. The normalized spacial score (nSPS) is 12.5. The second-order valence-electron chi connectivity index (χ2n) is 9.96. The second-order valence-corrected chi connectivity index (χ2v) is 9.96. The highest BCUT2D eigenvalue weighted by Gasteiger charge is 2.38. The number of carbonyl (C=O) groups excluding carboxylic acids is 1. The number of amides is 1. The standard InChI is InChI=1S/C30H34N4O3.C2HF3O2/c1-5-36-27-18-23(11-14-26(27)37-19(2)3)28(30(35)33-20(4)21-9-7-6-8-10-21)34-24-12-13-25-22(17-24)15-16-32-29(25)31;3-2(4,5)1(6)7/h6-20,28,34H,5H2,1-4H3,(H2,31,32)(H,33,35);(H,6,7)/t20-,28?;/m1./s1. The molecule has 4 rings (SSSR count). The number of alkyl halides is 3. The molecule has 4 aromatic rings. The maximum atomic E-state index is 13.7. The zero-order valence-electron chi connectivity index (χ0n) is 24.7. The molecule has 234 valence electrons. The lowest BCUT2D eigenvalue weighted by atomic mass is 10.0. The van der Waals surface area contributed by atoms with Crippen molar-refractivity contribution in [1.82, 2.24) is 10.3 Å². The summed E-state index contributed by atoms with van der Waals surface area (Å²) in [4.78, 5) is 26.8. The first-order valence-corrected chi connectivity index (χ1v) is 13.8. The Kier molecular flexibility index (Phi) is 11.4. The van der Waals surface area contributed by atoms with Gasteiger partial charge in [0.25, 0.3) is 0 Å². The van der Waals surface area contributed by atoms with Crippen LogP contribution in [0.2, 0.25) is 0 Å². The second kappa shape index (κ2) is 14.9. The molecule has 0 radical (unpaired) electrons. The fourth-order valence-corrected chi connectivity index (χ4v) is 4.20. The Morgan fingerprint density at radius 1 is 0.955 bits per heavy atom. The molecule has 2 atom stereocenters. The molecule has 3 aromatic carbocycles. The van der Waals surface area contributed by atoms with Crippen LogP contribution in [0.1, 0.15) is 50.9 Å². The number of nitrogens with two attached hydrogens (primary N) is 1. The van der Waals surface area contributed by atoms with Gasteiger partial charge >= 0.3 is 12.1 Å². The number of fused-ring (bicyclic) bond motifs is 1. The molecule has 12 heteroatoms. The number of benzene rings is 3. The van der Waals surface area contributed by atoms with Gasteiger partial charge in [-0.25, -0.2) is 9.78 Å². The van der Waals surface area contributed by atoms with Gasteiger partial charge in [0.1, 0.15) is 11.9 Å². The van der Waals surface area contributed by atoms with Gasteiger partial charge < -0.3 is 30.9 Å². The third-order valence-corrected chi connectivity index (χ3v) is 6.23. The lowest BCUT2D eigenvalue weighted by Gasteiger charge is -2.24. The van der Waals surface area contributed by atoms with Crippen LogP contribution < -0.4 is 25.8 Å². The summed E-state index contributed by atoms with van der Waals surface area (Å²) in [6.45, 7) is 8.31. The Morgan fingerprint density at radius 3 is 2.25 bits per heavy atom. The number of hydrogen-bond donors (Lipinski definition) is 4. The summed E-state index contributed by atoms with van der Waals surface area (Å²) in [6.07, 6.45) is -3.41. The number of carboxylic acids is 1. The van der Waals surface area contributed by atoms with Crippen molar-refractivity contribution in [1.29, 1.82) is 0 Å². The number of nitrogens with zero attached hydrogens (tertiary/aromatic N) is 1. The van der Waals surface area contributed by atoms with Crippen LogP contribution in [0.25, 0.3) is 10.8 Å². The van der Waals surface area contributed by atoms with Crippen LogP contribution in [0.4, 0.5) is 24.7 Å². The molecule has 0 bridgehead atoms.